The average molecular weight is 346 g/mol. The molecule has 0 bridgehead atoms. The van der Waals surface area contributed by atoms with Gasteiger partial charge in [-0.3, -0.25) is 0 Å². The molecule has 1 heterocycles. The predicted molar refractivity (Wildman–Crippen MR) is 91.4 cm³/mol. The third kappa shape index (κ3) is 2.96. The first kappa shape index (κ1) is 16.4. The zero-order valence-corrected chi connectivity index (χ0v) is 14.0. The molecule has 0 unspecified atom stereocenters. The summed E-state index contributed by atoms with van der Waals surface area (Å²) in [4.78, 5) is 0. The topological polar surface area (TPSA) is 64.7 Å². The van der Waals surface area contributed by atoms with Gasteiger partial charge in [-0.15, -0.1) is 0 Å². The van der Waals surface area contributed by atoms with E-state index in [1.807, 2.05) is 12.1 Å². The van der Waals surface area contributed by atoms with Gasteiger partial charge in [0.05, 0.1) is 32.0 Å². The largest absolute Gasteiger partial charge is 0.497 e. The van der Waals surface area contributed by atoms with Crippen LogP contribution >= 0.6 is 11.6 Å². The van der Waals surface area contributed by atoms with Crippen molar-refractivity contribution in [3.05, 3.63) is 53.1 Å². The second-order valence-electron chi connectivity index (χ2n) is 5.07. The summed E-state index contributed by atoms with van der Waals surface area (Å²) >= 11 is 5.92. The van der Waals surface area contributed by atoms with Crippen molar-refractivity contribution in [2.75, 3.05) is 14.2 Å². The highest BCUT2D eigenvalue weighted by atomic mass is 35.5. The fourth-order valence-corrected chi connectivity index (χ4v) is 2.62. The Kier molecular flexibility index (Phi) is 4.74. The van der Waals surface area contributed by atoms with Crippen molar-refractivity contribution >= 4 is 11.6 Å². The Bertz CT molecular complexity index is 843. The van der Waals surface area contributed by atoms with Gasteiger partial charge in [-0.25, -0.2) is 0 Å². The van der Waals surface area contributed by atoms with Crippen LogP contribution in [0, 0.1) is 0 Å². The van der Waals surface area contributed by atoms with Gasteiger partial charge in [-0.2, -0.15) is 0 Å². The monoisotopic (exact) mass is 345 g/mol. The summed E-state index contributed by atoms with van der Waals surface area (Å²) in [5.74, 6) is 1.70. The van der Waals surface area contributed by atoms with E-state index in [0.29, 0.717) is 39.1 Å². The SMILES string of the molecule is COc1ccc(OC)c(-c2onc(-c3ccc(Cl)cc3)c2CO)c1. The molecule has 0 aliphatic rings. The number of hydrogen-bond donors (Lipinski definition) is 1. The maximum Gasteiger partial charge on any atom is 0.176 e. The van der Waals surface area contributed by atoms with Gasteiger partial charge in [0.15, 0.2) is 5.76 Å². The van der Waals surface area contributed by atoms with Crippen LogP contribution in [0.3, 0.4) is 0 Å². The Morgan fingerprint density at radius 2 is 1.83 bits per heavy atom. The smallest absolute Gasteiger partial charge is 0.176 e. The summed E-state index contributed by atoms with van der Waals surface area (Å²) in [7, 11) is 3.15. The molecule has 0 amide bonds. The van der Waals surface area contributed by atoms with E-state index in [9.17, 15) is 5.11 Å². The van der Waals surface area contributed by atoms with Gasteiger partial charge in [0, 0.05) is 10.6 Å². The molecule has 0 atom stereocenters. The number of nitrogens with zero attached hydrogens (tertiary/aromatic N) is 1. The molecule has 3 aromatic rings. The molecule has 1 N–H and O–H groups in total. The van der Waals surface area contributed by atoms with E-state index in [4.69, 9.17) is 25.6 Å². The molecule has 5 nitrogen and oxygen atoms in total. The van der Waals surface area contributed by atoms with E-state index in [0.717, 1.165) is 5.56 Å². The van der Waals surface area contributed by atoms with Gasteiger partial charge in [0.25, 0.3) is 0 Å². The number of hydrogen-bond acceptors (Lipinski definition) is 5. The van der Waals surface area contributed by atoms with Crippen molar-refractivity contribution < 1.29 is 19.1 Å². The number of rotatable bonds is 5. The minimum Gasteiger partial charge on any atom is -0.497 e. The van der Waals surface area contributed by atoms with Crippen molar-refractivity contribution in [2.24, 2.45) is 0 Å². The van der Waals surface area contributed by atoms with Gasteiger partial charge in [0.2, 0.25) is 0 Å². The molecule has 0 aliphatic carbocycles. The maximum absolute atomic E-state index is 9.86. The molecule has 0 aliphatic heterocycles. The molecule has 0 saturated carbocycles. The maximum atomic E-state index is 9.86. The van der Waals surface area contributed by atoms with Crippen molar-refractivity contribution in [2.45, 2.75) is 6.61 Å². The van der Waals surface area contributed by atoms with Crippen LogP contribution in [-0.4, -0.2) is 24.5 Å². The van der Waals surface area contributed by atoms with Crippen molar-refractivity contribution in [1.82, 2.24) is 5.16 Å². The second-order valence-corrected chi connectivity index (χ2v) is 5.51. The fraction of sp³-hybridized carbons (Fsp3) is 0.167. The lowest BCUT2D eigenvalue weighted by atomic mass is 10.0. The molecule has 2 aromatic carbocycles. The lowest BCUT2D eigenvalue weighted by Gasteiger charge is -2.09. The number of halogens is 1. The van der Waals surface area contributed by atoms with Gasteiger partial charge >= 0.3 is 0 Å². The summed E-state index contributed by atoms with van der Waals surface area (Å²) in [5.41, 5.74) is 2.60. The van der Waals surface area contributed by atoms with Crippen LogP contribution in [0.4, 0.5) is 0 Å². The van der Waals surface area contributed by atoms with E-state index in [1.54, 1.807) is 44.6 Å². The first-order valence-electron chi connectivity index (χ1n) is 7.25. The molecule has 24 heavy (non-hydrogen) atoms. The average Bonchev–Trinajstić information content (AvgIpc) is 3.05. The molecule has 0 fully saturated rings. The zero-order chi connectivity index (χ0) is 17.1. The molecule has 0 radical (unpaired) electrons. The first-order valence-corrected chi connectivity index (χ1v) is 7.63. The third-order valence-corrected chi connectivity index (χ3v) is 3.97. The van der Waals surface area contributed by atoms with Crippen LogP contribution in [0.25, 0.3) is 22.6 Å². The normalized spacial score (nSPS) is 10.7. The summed E-state index contributed by atoms with van der Waals surface area (Å²) in [6.07, 6.45) is 0. The third-order valence-electron chi connectivity index (χ3n) is 3.72. The van der Waals surface area contributed by atoms with E-state index >= 15 is 0 Å². The summed E-state index contributed by atoms with van der Waals surface area (Å²) in [6.45, 7) is -0.225. The standard InChI is InChI=1S/C18H16ClNO4/c1-22-13-7-8-16(23-2)14(9-13)18-15(10-21)17(20-24-18)11-3-5-12(19)6-4-11/h3-9,21H,10H2,1-2H3. The molecule has 6 heteroatoms. The quantitative estimate of drug-likeness (QED) is 0.751. The Morgan fingerprint density at radius 1 is 1.08 bits per heavy atom. The van der Waals surface area contributed by atoms with Crippen LogP contribution in [0.15, 0.2) is 47.0 Å². The Morgan fingerprint density at radius 3 is 2.46 bits per heavy atom. The van der Waals surface area contributed by atoms with Gasteiger partial charge < -0.3 is 19.1 Å². The summed E-state index contributed by atoms with van der Waals surface area (Å²) < 4.78 is 16.2. The first-order chi connectivity index (χ1) is 11.7. The number of methoxy groups -OCH3 is 2. The minimum absolute atomic E-state index is 0.225. The van der Waals surface area contributed by atoms with Crippen LogP contribution in [0.5, 0.6) is 11.5 Å². The number of aliphatic hydroxyl groups is 1. The van der Waals surface area contributed by atoms with Crippen molar-refractivity contribution in [3.63, 3.8) is 0 Å². The number of benzene rings is 2. The molecular weight excluding hydrogens is 330 g/mol. The second kappa shape index (κ2) is 6.95. The number of aliphatic hydroxyl groups excluding tert-OH is 1. The van der Waals surface area contributed by atoms with Crippen LogP contribution in [0.2, 0.25) is 5.02 Å². The highest BCUT2D eigenvalue weighted by Crippen LogP contribution is 2.39. The molecule has 3 rings (SSSR count). The van der Waals surface area contributed by atoms with Crippen molar-refractivity contribution in [1.29, 1.82) is 0 Å². The highest BCUT2D eigenvalue weighted by molar-refractivity contribution is 6.30. The van der Waals surface area contributed by atoms with E-state index < -0.39 is 0 Å². The predicted octanol–water partition coefficient (Wildman–Crippen LogP) is 4.17. The minimum atomic E-state index is -0.225. The Hall–Kier alpha value is -2.50. The Balaban J connectivity index is 2.15. The Labute approximate surface area is 144 Å². The zero-order valence-electron chi connectivity index (χ0n) is 13.2. The van der Waals surface area contributed by atoms with Gasteiger partial charge in [-0.1, -0.05) is 28.9 Å². The fourth-order valence-electron chi connectivity index (χ4n) is 2.49. The van der Waals surface area contributed by atoms with Crippen LogP contribution in [-0.2, 0) is 6.61 Å². The highest BCUT2D eigenvalue weighted by Gasteiger charge is 2.21. The van der Waals surface area contributed by atoms with Crippen LogP contribution in [0.1, 0.15) is 5.56 Å². The molecule has 0 saturated heterocycles. The van der Waals surface area contributed by atoms with Gasteiger partial charge in [-0.05, 0) is 30.3 Å². The summed E-state index contributed by atoms with van der Waals surface area (Å²) in [6, 6.07) is 12.5. The van der Waals surface area contributed by atoms with Crippen molar-refractivity contribution in [3.8, 4) is 34.1 Å². The molecule has 1 aromatic heterocycles. The van der Waals surface area contributed by atoms with Gasteiger partial charge in [0.1, 0.15) is 17.2 Å². The summed E-state index contributed by atoms with van der Waals surface area (Å²) in [5, 5.41) is 14.6. The molecular formula is C18H16ClNO4. The number of aromatic nitrogens is 1. The lowest BCUT2D eigenvalue weighted by Crippen LogP contribution is -1.93. The molecule has 0 spiro atoms. The van der Waals surface area contributed by atoms with E-state index in [2.05, 4.69) is 5.16 Å². The number of ether oxygens (including phenoxy) is 2. The van der Waals surface area contributed by atoms with Crippen LogP contribution < -0.4 is 9.47 Å². The lowest BCUT2D eigenvalue weighted by molar-refractivity contribution is 0.281. The molecule has 124 valence electrons. The van der Waals surface area contributed by atoms with E-state index in [1.165, 1.54) is 0 Å². The van der Waals surface area contributed by atoms with E-state index in [-0.39, 0.29) is 6.61 Å².